The predicted octanol–water partition coefficient (Wildman–Crippen LogP) is -0.445. The number of carbonyl (C=O) groups excluding carboxylic acids is 1. The van der Waals surface area contributed by atoms with Gasteiger partial charge in [0.05, 0.1) is 12.6 Å². The van der Waals surface area contributed by atoms with Crippen LogP contribution in [0.5, 0.6) is 0 Å². The lowest BCUT2D eigenvalue weighted by atomic mass is 10.4. The number of nitrogens with two attached hydrogens (primary N) is 1. The normalized spacial score (nSPS) is 13.4. The summed E-state index contributed by atoms with van der Waals surface area (Å²) in [6, 6.07) is -0.424. The molecule has 1 aromatic heterocycles. The van der Waals surface area contributed by atoms with E-state index in [0.29, 0.717) is 0 Å². The zero-order valence-electron chi connectivity index (χ0n) is 9.34. The number of carbonyl (C=O) groups is 1. The van der Waals surface area contributed by atoms with Crippen molar-refractivity contribution in [1.82, 2.24) is 9.71 Å². The molecule has 0 saturated heterocycles. The summed E-state index contributed by atoms with van der Waals surface area (Å²) in [5.41, 5.74) is 6.38. The Kier molecular flexibility index (Phi) is 4.57. The molecule has 0 aliphatic heterocycles. The van der Waals surface area contributed by atoms with Crippen LogP contribution in [-0.4, -0.2) is 39.1 Å². The van der Waals surface area contributed by atoms with Crippen molar-refractivity contribution in [3.8, 4) is 0 Å². The zero-order chi connectivity index (χ0) is 13.1. The van der Waals surface area contributed by atoms with Crippen molar-refractivity contribution >= 4 is 27.3 Å². The van der Waals surface area contributed by atoms with Crippen LogP contribution in [0.15, 0.2) is 9.72 Å². The van der Waals surface area contributed by atoms with Gasteiger partial charge in [-0.15, -0.1) is 11.3 Å². The second kappa shape index (κ2) is 5.54. The van der Waals surface area contributed by atoms with E-state index in [1.165, 1.54) is 5.51 Å². The van der Waals surface area contributed by atoms with Crippen molar-refractivity contribution in [2.45, 2.75) is 17.2 Å². The molecule has 0 saturated carbocycles. The van der Waals surface area contributed by atoms with Crippen molar-refractivity contribution in [2.24, 2.45) is 5.73 Å². The van der Waals surface area contributed by atoms with Crippen molar-refractivity contribution in [3.63, 3.8) is 0 Å². The van der Waals surface area contributed by atoms with E-state index < -0.39 is 22.0 Å². The molecule has 0 radical (unpaired) electrons. The molecule has 9 heteroatoms. The highest BCUT2D eigenvalue weighted by molar-refractivity contribution is 7.91. The number of thiazole rings is 1. The molecular formula is C8H13N3O4S2. The predicted molar refractivity (Wildman–Crippen MR) is 62.3 cm³/mol. The third-order valence-corrected chi connectivity index (χ3v) is 4.83. The number of aromatic nitrogens is 1. The van der Waals surface area contributed by atoms with Gasteiger partial charge in [-0.05, 0) is 6.92 Å². The van der Waals surface area contributed by atoms with Crippen LogP contribution in [0.25, 0.3) is 0 Å². The smallest absolute Gasteiger partial charge is 0.358 e. The second-order valence-electron chi connectivity index (χ2n) is 3.24. The Balaban J connectivity index is 3.08. The number of ether oxygens (including phenoxy) is 1. The maximum atomic E-state index is 11.9. The number of methoxy groups -OCH3 is 1. The summed E-state index contributed by atoms with van der Waals surface area (Å²) in [6.45, 7) is 1.78. The van der Waals surface area contributed by atoms with E-state index in [1.54, 1.807) is 6.92 Å². The number of hydrogen-bond acceptors (Lipinski definition) is 7. The van der Waals surface area contributed by atoms with Gasteiger partial charge >= 0.3 is 5.97 Å². The molecule has 0 aromatic carbocycles. The maximum absolute atomic E-state index is 11.9. The molecule has 96 valence electrons. The van der Waals surface area contributed by atoms with Crippen molar-refractivity contribution < 1.29 is 17.9 Å². The standard InChI is InChI=1S/C8H13N3O4S2/c1-5(3-9)11-17(13,14)8-6(7(12)15-2)10-4-16-8/h4-5,11H,3,9H2,1-2H3/t5-/m0/s1. The Morgan fingerprint density at radius 3 is 2.88 bits per heavy atom. The van der Waals surface area contributed by atoms with Gasteiger partial charge in [0, 0.05) is 12.6 Å². The lowest BCUT2D eigenvalue weighted by molar-refractivity contribution is 0.0590. The molecule has 1 heterocycles. The average molecular weight is 279 g/mol. The molecule has 7 nitrogen and oxygen atoms in total. The third-order valence-electron chi connectivity index (χ3n) is 1.87. The highest BCUT2D eigenvalue weighted by atomic mass is 32.2. The van der Waals surface area contributed by atoms with Gasteiger partial charge in [-0.25, -0.2) is 22.9 Å². The molecule has 0 bridgehead atoms. The van der Waals surface area contributed by atoms with Crippen LogP contribution < -0.4 is 10.5 Å². The summed E-state index contributed by atoms with van der Waals surface area (Å²) in [4.78, 5) is 15.0. The van der Waals surface area contributed by atoms with Gasteiger partial charge < -0.3 is 10.5 Å². The van der Waals surface area contributed by atoms with E-state index in [2.05, 4.69) is 14.4 Å². The Morgan fingerprint density at radius 1 is 1.71 bits per heavy atom. The number of rotatable bonds is 5. The summed E-state index contributed by atoms with van der Waals surface area (Å²) < 4.78 is 30.4. The number of nitrogens with one attached hydrogen (secondary N) is 1. The number of nitrogens with zero attached hydrogens (tertiary/aromatic N) is 1. The molecule has 3 N–H and O–H groups in total. The van der Waals surface area contributed by atoms with Gasteiger partial charge in [0.15, 0.2) is 9.90 Å². The molecule has 0 spiro atoms. The minimum Gasteiger partial charge on any atom is -0.464 e. The van der Waals surface area contributed by atoms with Crippen LogP contribution in [0.1, 0.15) is 17.4 Å². The number of esters is 1. The summed E-state index contributed by atoms with van der Waals surface area (Å²) >= 11 is 0.849. The fourth-order valence-corrected chi connectivity index (χ4v) is 3.43. The zero-order valence-corrected chi connectivity index (χ0v) is 11.0. The molecule has 0 fully saturated rings. The SMILES string of the molecule is COC(=O)c1ncsc1S(=O)(=O)N[C@@H](C)CN. The summed E-state index contributed by atoms with van der Waals surface area (Å²) in [5.74, 6) is -0.785. The Labute approximate surface area is 103 Å². The Morgan fingerprint density at radius 2 is 2.35 bits per heavy atom. The van der Waals surface area contributed by atoms with Crippen LogP contribution in [0.3, 0.4) is 0 Å². The first-order chi connectivity index (χ1) is 7.92. The first-order valence-corrected chi connectivity index (χ1v) is 7.03. The van der Waals surface area contributed by atoms with E-state index in [4.69, 9.17) is 5.73 Å². The molecule has 0 amide bonds. The fraction of sp³-hybridized carbons (Fsp3) is 0.500. The molecule has 1 aromatic rings. The van der Waals surface area contributed by atoms with E-state index >= 15 is 0 Å². The molecule has 0 unspecified atom stereocenters. The van der Waals surface area contributed by atoms with Crippen LogP contribution in [-0.2, 0) is 14.8 Å². The van der Waals surface area contributed by atoms with Crippen molar-refractivity contribution in [2.75, 3.05) is 13.7 Å². The minimum atomic E-state index is -3.79. The Bertz CT molecular complexity index is 497. The summed E-state index contributed by atoms with van der Waals surface area (Å²) in [6.07, 6.45) is 0. The molecule has 1 atom stereocenters. The first kappa shape index (κ1) is 14.0. The topological polar surface area (TPSA) is 111 Å². The van der Waals surface area contributed by atoms with Crippen molar-refractivity contribution in [1.29, 1.82) is 0 Å². The quantitative estimate of drug-likeness (QED) is 0.706. The van der Waals surface area contributed by atoms with Crippen LogP contribution in [0, 0.1) is 0 Å². The lowest BCUT2D eigenvalue weighted by Gasteiger charge is -2.10. The van der Waals surface area contributed by atoms with Gasteiger partial charge in [0.1, 0.15) is 0 Å². The average Bonchev–Trinajstić information content (AvgIpc) is 2.76. The number of hydrogen-bond donors (Lipinski definition) is 2. The molecule has 17 heavy (non-hydrogen) atoms. The highest BCUT2D eigenvalue weighted by Gasteiger charge is 2.27. The second-order valence-corrected chi connectivity index (χ2v) is 6.00. The first-order valence-electron chi connectivity index (χ1n) is 4.66. The van der Waals surface area contributed by atoms with Gasteiger partial charge in [-0.1, -0.05) is 0 Å². The Hall–Kier alpha value is -1.03. The largest absolute Gasteiger partial charge is 0.464 e. The molecule has 0 aliphatic carbocycles. The van der Waals surface area contributed by atoms with E-state index in [0.717, 1.165) is 18.4 Å². The van der Waals surface area contributed by atoms with Gasteiger partial charge in [-0.2, -0.15) is 0 Å². The highest BCUT2D eigenvalue weighted by Crippen LogP contribution is 2.20. The maximum Gasteiger partial charge on any atom is 0.358 e. The fourth-order valence-electron chi connectivity index (χ4n) is 1.03. The minimum absolute atomic E-state index is 0.158. The van der Waals surface area contributed by atoms with E-state index in [-0.39, 0.29) is 16.4 Å². The lowest BCUT2D eigenvalue weighted by Crippen LogP contribution is -2.38. The molecule has 1 rings (SSSR count). The summed E-state index contributed by atoms with van der Waals surface area (Å²) in [7, 11) is -2.63. The van der Waals surface area contributed by atoms with E-state index in [9.17, 15) is 13.2 Å². The van der Waals surface area contributed by atoms with Crippen LogP contribution in [0.4, 0.5) is 0 Å². The van der Waals surface area contributed by atoms with Crippen LogP contribution in [0.2, 0.25) is 0 Å². The van der Waals surface area contributed by atoms with Crippen LogP contribution >= 0.6 is 11.3 Å². The number of sulfonamides is 1. The van der Waals surface area contributed by atoms with Gasteiger partial charge in [0.2, 0.25) is 0 Å². The van der Waals surface area contributed by atoms with E-state index in [1.807, 2.05) is 0 Å². The summed E-state index contributed by atoms with van der Waals surface area (Å²) in [5, 5.41) is 0. The monoisotopic (exact) mass is 279 g/mol. The van der Waals surface area contributed by atoms with Gasteiger partial charge in [-0.3, -0.25) is 0 Å². The molecular weight excluding hydrogens is 266 g/mol. The third kappa shape index (κ3) is 3.22. The van der Waals surface area contributed by atoms with Gasteiger partial charge in [0.25, 0.3) is 10.0 Å². The van der Waals surface area contributed by atoms with Crippen molar-refractivity contribution in [3.05, 3.63) is 11.2 Å². The molecule has 0 aliphatic rings.